The molecule has 0 saturated heterocycles. The molecule has 1 aliphatic heterocycles. The molecular weight excluding hydrogens is 248 g/mol. The predicted octanol–water partition coefficient (Wildman–Crippen LogP) is 0.556. The monoisotopic (exact) mass is 262 g/mol. The summed E-state index contributed by atoms with van der Waals surface area (Å²) in [4.78, 5) is 33.7. The van der Waals surface area contributed by atoms with Crippen molar-refractivity contribution in [3.63, 3.8) is 0 Å². The van der Waals surface area contributed by atoms with E-state index < -0.39 is 24.2 Å². The fourth-order valence-corrected chi connectivity index (χ4v) is 2.03. The molecule has 19 heavy (non-hydrogen) atoms. The SMILES string of the molecule is NC(CC(=O)O)C(=O)c1ccc2c(c1)CCC(=O)N2. The molecule has 6 heteroatoms. The lowest BCUT2D eigenvalue weighted by Crippen LogP contribution is -2.33. The van der Waals surface area contributed by atoms with Gasteiger partial charge in [0.15, 0.2) is 5.78 Å². The number of benzene rings is 1. The van der Waals surface area contributed by atoms with Crippen LogP contribution in [-0.2, 0) is 16.0 Å². The second kappa shape index (κ2) is 5.19. The van der Waals surface area contributed by atoms with Crippen LogP contribution in [0.15, 0.2) is 18.2 Å². The van der Waals surface area contributed by atoms with Gasteiger partial charge in [0.05, 0.1) is 12.5 Å². The fraction of sp³-hybridized carbons (Fsp3) is 0.308. The summed E-state index contributed by atoms with van der Waals surface area (Å²) in [5.41, 5.74) is 7.49. The van der Waals surface area contributed by atoms with E-state index in [9.17, 15) is 14.4 Å². The lowest BCUT2D eigenvalue weighted by atomic mass is 9.96. The van der Waals surface area contributed by atoms with Crippen LogP contribution in [0.5, 0.6) is 0 Å². The maximum atomic E-state index is 12.0. The Hall–Kier alpha value is -2.21. The summed E-state index contributed by atoms with van der Waals surface area (Å²) >= 11 is 0. The number of nitrogens with one attached hydrogen (secondary N) is 1. The van der Waals surface area contributed by atoms with E-state index >= 15 is 0 Å². The van der Waals surface area contributed by atoms with Crippen molar-refractivity contribution in [1.82, 2.24) is 0 Å². The number of carbonyl (C=O) groups excluding carboxylic acids is 2. The molecule has 1 aliphatic rings. The summed E-state index contributed by atoms with van der Waals surface area (Å²) in [5.74, 6) is -1.55. The van der Waals surface area contributed by atoms with Crippen LogP contribution < -0.4 is 11.1 Å². The zero-order valence-corrected chi connectivity index (χ0v) is 10.2. The molecule has 0 saturated carbocycles. The Morgan fingerprint density at radius 3 is 2.79 bits per heavy atom. The van der Waals surface area contributed by atoms with E-state index in [0.717, 1.165) is 5.56 Å². The third-order valence-electron chi connectivity index (χ3n) is 3.02. The summed E-state index contributed by atoms with van der Waals surface area (Å²) in [6.45, 7) is 0. The van der Waals surface area contributed by atoms with Crippen molar-refractivity contribution in [2.24, 2.45) is 5.73 Å². The number of carboxylic acids is 1. The number of rotatable bonds is 4. The fourth-order valence-electron chi connectivity index (χ4n) is 2.03. The van der Waals surface area contributed by atoms with Gasteiger partial charge in [-0.1, -0.05) is 0 Å². The first-order chi connectivity index (χ1) is 8.97. The van der Waals surface area contributed by atoms with Crippen LogP contribution in [0.3, 0.4) is 0 Å². The minimum atomic E-state index is -1.11. The Kier molecular flexibility index (Phi) is 3.62. The molecule has 6 nitrogen and oxygen atoms in total. The number of carbonyl (C=O) groups is 3. The number of Topliss-reactive ketones (excluding diaryl/α,β-unsaturated/α-hetero) is 1. The Labute approximate surface area is 109 Å². The molecule has 4 N–H and O–H groups in total. The molecule has 0 bridgehead atoms. The van der Waals surface area contributed by atoms with Gasteiger partial charge in [-0.3, -0.25) is 14.4 Å². The van der Waals surface area contributed by atoms with Crippen LogP contribution in [0.25, 0.3) is 0 Å². The number of carboxylic acid groups (broad SMARTS) is 1. The van der Waals surface area contributed by atoms with Crippen molar-refractivity contribution in [2.45, 2.75) is 25.3 Å². The maximum Gasteiger partial charge on any atom is 0.305 e. The quantitative estimate of drug-likeness (QED) is 0.687. The largest absolute Gasteiger partial charge is 0.481 e. The molecule has 2 rings (SSSR count). The second-order valence-corrected chi connectivity index (χ2v) is 4.49. The van der Waals surface area contributed by atoms with Crippen LogP contribution >= 0.6 is 0 Å². The standard InChI is InChI=1S/C13H14N2O4/c14-9(6-12(17)18)13(19)8-1-3-10-7(5-8)2-4-11(16)15-10/h1,3,5,9H,2,4,6,14H2,(H,15,16)(H,17,18). The highest BCUT2D eigenvalue weighted by atomic mass is 16.4. The third kappa shape index (κ3) is 2.97. The van der Waals surface area contributed by atoms with Gasteiger partial charge in [0.25, 0.3) is 0 Å². The van der Waals surface area contributed by atoms with Crippen molar-refractivity contribution < 1.29 is 19.5 Å². The zero-order chi connectivity index (χ0) is 14.0. The normalized spacial score (nSPS) is 15.3. The highest BCUT2D eigenvalue weighted by Gasteiger charge is 2.21. The smallest absolute Gasteiger partial charge is 0.305 e. The van der Waals surface area contributed by atoms with E-state index in [4.69, 9.17) is 10.8 Å². The third-order valence-corrected chi connectivity index (χ3v) is 3.02. The average molecular weight is 262 g/mol. The van der Waals surface area contributed by atoms with Gasteiger partial charge in [0.1, 0.15) is 0 Å². The number of fused-ring (bicyclic) bond motifs is 1. The first-order valence-corrected chi connectivity index (χ1v) is 5.91. The minimum absolute atomic E-state index is 0.0471. The number of aliphatic carboxylic acids is 1. The Bertz CT molecular complexity index is 554. The van der Waals surface area contributed by atoms with E-state index in [1.54, 1.807) is 18.2 Å². The maximum absolute atomic E-state index is 12.0. The van der Waals surface area contributed by atoms with Crippen molar-refractivity contribution in [2.75, 3.05) is 5.32 Å². The van der Waals surface area contributed by atoms with E-state index in [2.05, 4.69) is 5.32 Å². The van der Waals surface area contributed by atoms with Crippen molar-refractivity contribution in [3.05, 3.63) is 29.3 Å². The van der Waals surface area contributed by atoms with E-state index in [1.807, 2.05) is 0 Å². The van der Waals surface area contributed by atoms with E-state index in [-0.39, 0.29) is 5.91 Å². The van der Waals surface area contributed by atoms with Crippen LogP contribution in [0, 0.1) is 0 Å². The summed E-state index contributed by atoms with van der Waals surface area (Å²) in [6.07, 6.45) is 0.551. The molecule has 0 radical (unpaired) electrons. The van der Waals surface area contributed by atoms with Crippen LogP contribution in [-0.4, -0.2) is 28.8 Å². The topological polar surface area (TPSA) is 109 Å². The van der Waals surface area contributed by atoms with Crippen LogP contribution in [0.1, 0.15) is 28.8 Å². The van der Waals surface area contributed by atoms with Crippen LogP contribution in [0.4, 0.5) is 5.69 Å². The van der Waals surface area contributed by atoms with E-state index in [0.29, 0.717) is 24.1 Å². The van der Waals surface area contributed by atoms with Gasteiger partial charge in [-0.25, -0.2) is 0 Å². The minimum Gasteiger partial charge on any atom is -0.481 e. The van der Waals surface area contributed by atoms with Gasteiger partial charge in [0.2, 0.25) is 5.91 Å². The van der Waals surface area contributed by atoms with Gasteiger partial charge in [0, 0.05) is 17.7 Å². The van der Waals surface area contributed by atoms with Gasteiger partial charge < -0.3 is 16.2 Å². The lowest BCUT2D eigenvalue weighted by molar-refractivity contribution is -0.137. The molecule has 1 atom stereocenters. The number of aryl methyl sites for hydroxylation is 1. The highest BCUT2D eigenvalue weighted by molar-refractivity contribution is 6.03. The first kappa shape index (κ1) is 13.2. The molecule has 1 heterocycles. The predicted molar refractivity (Wildman–Crippen MR) is 68.0 cm³/mol. The van der Waals surface area contributed by atoms with Crippen molar-refractivity contribution >= 4 is 23.3 Å². The number of amides is 1. The van der Waals surface area contributed by atoms with Gasteiger partial charge in [-0.2, -0.15) is 0 Å². The molecule has 100 valence electrons. The molecule has 0 fully saturated rings. The van der Waals surface area contributed by atoms with Gasteiger partial charge >= 0.3 is 5.97 Å². The van der Waals surface area contributed by atoms with Crippen LogP contribution in [0.2, 0.25) is 0 Å². The molecule has 0 aromatic heterocycles. The first-order valence-electron chi connectivity index (χ1n) is 5.91. The number of hydrogen-bond acceptors (Lipinski definition) is 4. The van der Waals surface area contributed by atoms with Gasteiger partial charge in [-0.05, 0) is 30.2 Å². The average Bonchev–Trinajstić information content (AvgIpc) is 2.36. The number of hydrogen-bond donors (Lipinski definition) is 3. The molecule has 1 aromatic rings. The molecule has 0 aliphatic carbocycles. The van der Waals surface area contributed by atoms with Crippen molar-refractivity contribution in [1.29, 1.82) is 0 Å². The Morgan fingerprint density at radius 2 is 2.11 bits per heavy atom. The number of nitrogens with two attached hydrogens (primary N) is 1. The highest BCUT2D eigenvalue weighted by Crippen LogP contribution is 2.24. The Morgan fingerprint density at radius 1 is 1.37 bits per heavy atom. The Balaban J connectivity index is 2.20. The molecule has 0 spiro atoms. The molecule has 1 aromatic carbocycles. The van der Waals surface area contributed by atoms with E-state index in [1.165, 1.54) is 0 Å². The zero-order valence-electron chi connectivity index (χ0n) is 10.2. The molecule has 1 unspecified atom stereocenters. The summed E-state index contributed by atoms with van der Waals surface area (Å²) < 4.78 is 0. The molecular formula is C13H14N2O4. The summed E-state index contributed by atoms with van der Waals surface area (Å²) in [6, 6.07) is 3.81. The van der Waals surface area contributed by atoms with Crippen molar-refractivity contribution in [3.8, 4) is 0 Å². The second-order valence-electron chi connectivity index (χ2n) is 4.49. The summed E-state index contributed by atoms with van der Waals surface area (Å²) in [5, 5.41) is 11.3. The summed E-state index contributed by atoms with van der Waals surface area (Å²) in [7, 11) is 0. The van der Waals surface area contributed by atoms with Gasteiger partial charge in [-0.15, -0.1) is 0 Å². The number of ketones is 1. The number of anilines is 1. The lowest BCUT2D eigenvalue weighted by Gasteiger charge is -2.18. The molecule has 1 amide bonds.